The molecule has 0 aliphatic carbocycles. The molecule has 0 spiro atoms. The highest BCUT2D eigenvalue weighted by Gasteiger charge is 2.08. The molecule has 0 N–H and O–H groups in total. The summed E-state index contributed by atoms with van der Waals surface area (Å²) in [4.78, 5) is 0. The molecule has 0 aliphatic heterocycles. The molecule has 1 rings (SSSR count). The maximum Gasteiger partial charge on any atom is -0.0167 e. The van der Waals surface area contributed by atoms with Crippen LogP contribution >= 0.6 is 0 Å². The van der Waals surface area contributed by atoms with Gasteiger partial charge in [0, 0.05) is 0 Å². The van der Waals surface area contributed by atoms with Crippen LogP contribution in [0, 0.1) is 5.92 Å². The van der Waals surface area contributed by atoms with Gasteiger partial charge in [-0.2, -0.15) is 0 Å². The van der Waals surface area contributed by atoms with Gasteiger partial charge in [-0.15, -0.1) is 0 Å². The van der Waals surface area contributed by atoms with Gasteiger partial charge in [-0.05, 0) is 29.4 Å². The van der Waals surface area contributed by atoms with Gasteiger partial charge in [-0.1, -0.05) is 65.8 Å². The lowest BCUT2D eigenvalue weighted by atomic mass is 9.90. The van der Waals surface area contributed by atoms with E-state index in [1.54, 1.807) is 0 Å². The summed E-state index contributed by atoms with van der Waals surface area (Å²) in [6.45, 7) is 13.0. The molecule has 1 aromatic rings. The molecule has 0 aliphatic rings. The van der Waals surface area contributed by atoms with Gasteiger partial charge < -0.3 is 0 Å². The minimum atomic E-state index is 0.672. The molecule has 0 bridgehead atoms. The first-order valence-corrected chi connectivity index (χ1v) is 6.24. The third-order valence-corrected chi connectivity index (χ3v) is 2.91. The minimum absolute atomic E-state index is 0.672. The van der Waals surface area contributed by atoms with Crippen LogP contribution in [-0.2, 0) is 6.42 Å². The molecule has 0 radical (unpaired) electrons. The Morgan fingerprint density at radius 2 is 1.40 bits per heavy atom. The summed E-state index contributed by atoms with van der Waals surface area (Å²) in [6, 6.07) is 9.02. The van der Waals surface area contributed by atoms with Gasteiger partial charge in [0.15, 0.2) is 0 Å². The lowest BCUT2D eigenvalue weighted by Crippen LogP contribution is -2.01. The van der Waals surface area contributed by atoms with Crippen molar-refractivity contribution >= 4 is 0 Å². The maximum absolute atomic E-state index is 2.30. The second-order valence-corrected chi connectivity index (χ2v) is 4.13. The number of aryl methyl sites for hydroxylation is 1. The summed E-state index contributed by atoms with van der Waals surface area (Å²) in [5, 5.41) is 0. The molecule has 86 valence electrons. The van der Waals surface area contributed by atoms with E-state index < -0.39 is 0 Å². The molecule has 0 heterocycles. The van der Waals surface area contributed by atoms with Crippen molar-refractivity contribution in [3.05, 3.63) is 35.4 Å². The predicted molar refractivity (Wildman–Crippen MR) is 70.4 cm³/mol. The van der Waals surface area contributed by atoms with Crippen molar-refractivity contribution in [2.75, 3.05) is 0 Å². The Labute approximate surface area is 95.7 Å². The number of benzene rings is 1. The third-order valence-electron chi connectivity index (χ3n) is 2.91. The van der Waals surface area contributed by atoms with Gasteiger partial charge in [-0.25, -0.2) is 0 Å². The van der Waals surface area contributed by atoms with E-state index >= 15 is 0 Å². The molecular weight excluding hydrogens is 180 g/mol. The zero-order valence-electron chi connectivity index (χ0n) is 11.2. The Kier molecular flexibility index (Phi) is 7.11. The minimum Gasteiger partial charge on any atom is -0.0683 e. The fourth-order valence-electron chi connectivity index (χ4n) is 1.44. The first-order chi connectivity index (χ1) is 7.15. The van der Waals surface area contributed by atoms with Crippen LogP contribution in [0.25, 0.3) is 0 Å². The Morgan fingerprint density at radius 1 is 0.933 bits per heavy atom. The van der Waals surface area contributed by atoms with Crippen LogP contribution in [-0.4, -0.2) is 0 Å². The fraction of sp³-hybridized carbons (Fsp3) is 0.600. The summed E-state index contributed by atoms with van der Waals surface area (Å²) < 4.78 is 0. The van der Waals surface area contributed by atoms with Gasteiger partial charge in [-0.3, -0.25) is 0 Å². The van der Waals surface area contributed by atoms with E-state index in [9.17, 15) is 0 Å². The number of hydrogen-bond acceptors (Lipinski definition) is 0. The van der Waals surface area contributed by atoms with Crippen LogP contribution in [0.15, 0.2) is 24.3 Å². The maximum atomic E-state index is 2.30. The zero-order chi connectivity index (χ0) is 11.8. The van der Waals surface area contributed by atoms with E-state index in [0.717, 1.165) is 12.3 Å². The van der Waals surface area contributed by atoms with Gasteiger partial charge >= 0.3 is 0 Å². The normalized spacial score (nSPS) is 11.9. The van der Waals surface area contributed by atoms with Crippen molar-refractivity contribution in [2.45, 2.75) is 53.9 Å². The van der Waals surface area contributed by atoms with Crippen LogP contribution in [0.5, 0.6) is 0 Å². The molecule has 0 nitrogen and oxygen atoms in total. The van der Waals surface area contributed by atoms with Crippen LogP contribution in [0.4, 0.5) is 0 Å². The van der Waals surface area contributed by atoms with E-state index in [0.29, 0.717) is 5.92 Å². The summed E-state index contributed by atoms with van der Waals surface area (Å²) in [6.07, 6.45) is 1.14. The molecule has 1 unspecified atom stereocenters. The van der Waals surface area contributed by atoms with E-state index in [-0.39, 0.29) is 0 Å². The zero-order valence-corrected chi connectivity index (χ0v) is 11.2. The van der Waals surface area contributed by atoms with Crippen molar-refractivity contribution in [3.8, 4) is 0 Å². The Balaban J connectivity index is 0.000000921. The third kappa shape index (κ3) is 4.51. The van der Waals surface area contributed by atoms with Crippen LogP contribution in [0.1, 0.15) is 58.6 Å². The summed E-state index contributed by atoms with van der Waals surface area (Å²) in [5.74, 6) is 1.40. The molecule has 0 saturated carbocycles. The second kappa shape index (κ2) is 7.50. The molecular formula is C15H26. The van der Waals surface area contributed by atoms with E-state index in [2.05, 4.69) is 52.0 Å². The molecule has 0 amide bonds. The first-order valence-electron chi connectivity index (χ1n) is 6.24. The fourth-order valence-corrected chi connectivity index (χ4v) is 1.44. The standard InChI is InChI=1S/C13H20.C2H6/c1-5-12-6-8-13(9-7-12)11(4)10(2)3;1-2/h6-11H,5H2,1-4H3;1-2H3. The van der Waals surface area contributed by atoms with Gasteiger partial charge in [0.2, 0.25) is 0 Å². The van der Waals surface area contributed by atoms with Crippen LogP contribution in [0.2, 0.25) is 0 Å². The van der Waals surface area contributed by atoms with Crippen molar-refractivity contribution in [2.24, 2.45) is 5.92 Å². The van der Waals surface area contributed by atoms with Crippen molar-refractivity contribution < 1.29 is 0 Å². The Bertz CT molecular complexity index is 243. The van der Waals surface area contributed by atoms with Crippen LogP contribution in [0.3, 0.4) is 0 Å². The van der Waals surface area contributed by atoms with Crippen LogP contribution < -0.4 is 0 Å². The van der Waals surface area contributed by atoms with E-state index in [1.165, 1.54) is 11.1 Å². The first kappa shape index (κ1) is 14.2. The summed E-state index contributed by atoms with van der Waals surface area (Å²) in [5.41, 5.74) is 2.90. The second-order valence-electron chi connectivity index (χ2n) is 4.13. The SMILES string of the molecule is CC.CCc1ccc(C(C)C(C)C)cc1. The quantitative estimate of drug-likeness (QED) is 0.650. The highest BCUT2D eigenvalue weighted by molar-refractivity contribution is 5.25. The average Bonchev–Trinajstić information content (AvgIpc) is 2.31. The molecule has 0 aromatic heterocycles. The largest absolute Gasteiger partial charge is 0.0683 e. The monoisotopic (exact) mass is 206 g/mol. The number of hydrogen-bond donors (Lipinski definition) is 0. The van der Waals surface area contributed by atoms with Crippen molar-refractivity contribution in [1.82, 2.24) is 0 Å². The molecule has 0 fully saturated rings. The van der Waals surface area contributed by atoms with Gasteiger partial charge in [0.05, 0.1) is 0 Å². The predicted octanol–water partition coefficient (Wildman–Crippen LogP) is 5.03. The Morgan fingerprint density at radius 3 is 1.73 bits per heavy atom. The summed E-state index contributed by atoms with van der Waals surface area (Å²) >= 11 is 0. The molecule has 1 aromatic carbocycles. The molecule has 15 heavy (non-hydrogen) atoms. The van der Waals surface area contributed by atoms with Gasteiger partial charge in [0.25, 0.3) is 0 Å². The molecule has 1 atom stereocenters. The smallest absolute Gasteiger partial charge is 0.0167 e. The Hall–Kier alpha value is -0.780. The van der Waals surface area contributed by atoms with E-state index in [1.807, 2.05) is 13.8 Å². The number of rotatable bonds is 3. The average molecular weight is 206 g/mol. The highest BCUT2D eigenvalue weighted by atomic mass is 14.1. The van der Waals surface area contributed by atoms with Gasteiger partial charge in [0.1, 0.15) is 0 Å². The molecule has 0 heteroatoms. The van der Waals surface area contributed by atoms with Crippen molar-refractivity contribution in [3.63, 3.8) is 0 Å². The lowest BCUT2D eigenvalue weighted by Gasteiger charge is -2.15. The van der Waals surface area contributed by atoms with E-state index in [4.69, 9.17) is 0 Å². The highest BCUT2D eigenvalue weighted by Crippen LogP contribution is 2.23. The summed E-state index contributed by atoms with van der Waals surface area (Å²) in [7, 11) is 0. The topological polar surface area (TPSA) is 0 Å². The lowest BCUT2D eigenvalue weighted by molar-refractivity contribution is 0.535. The van der Waals surface area contributed by atoms with Crippen molar-refractivity contribution in [1.29, 1.82) is 0 Å². The molecule has 0 saturated heterocycles.